The predicted octanol–water partition coefficient (Wildman–Crippen LogP) is 5.19. The molecule has 1 saturated heterocycles. The summed E-state index contributed by atoms with van der Waals surface area (Å²) >= 11 is 0. The molecule has 2 aromatic rings. The first-order valence-electron chi connectivity index (χ1n) is 16.5. The zero-order valence-corrected chi connectivity index (χ0v) is 26.1. The molecule has 1 N–H and O–H groups in total. The molecule has 8 nitrogen and oxygen atoms in total. The molecule has 1 aliphatic heterocycles. The number of nitrogens with zero attached hydrogens (tertiary/aromatic N) is 3. The van der Waals surface area contributed by atoms with Crippen LogP contribution in [0, 0.1) is 51.0 Å². The number of aliphatic carboxylic acids is 1. The first kappa shape index (κ1) is 29.6. The Labute approximate surface area is 260 Å². The molecule has 4 fully saturated rings. The van der Waals surface area contributed by atoms with Crippen molar-refractivity contribution in [3.63, 3.8) is 0 Å². The van der Waals surface area contributed by atoms with Gasteiger partial charge in [0.25, 0.3) is 0 Å². The van der Waals surface area contributed by atoms with E-state index in [2.05, 4.69) is 36.7 Å². The maximum Gasteiger partial charge on any atom is 0.315 e. The van der Waals surface area contributed by atoms with Gasteiger partial charge in [0.15, 0.2) is 6.20 Å². The maximum atomic E-state index is 13.9. The van der Waals surface area contributed by atoms with E-state index >= 15 is 0 Å². The van der Waals surface area contributed by atoms with Crippen LogP contribution in [-0.4, -0.2) is 46.0 Å². The number of ether oxygens (including phenoxy) is 1. The number of carboxylic acids is 1. The van der Waals surface area contributed by atoms with Gasteiger partial charge >= 0.3 is 5.97 Å². The molecular formula is C36H45N3O5. The Morgan fingerprint density at radius 1 is 1.16 bits per heavy atom. The first-order chi connectivity index (χ1) is 21.2. The molecule has 9 atom stereocenters. The molecular weight excluding hydrogens is 554 g/mol. The summed E-state index contributed by atoms with van der Waals surface area (Å²) in [4.78, 5) is 34.1. The van der Waals surface area contributed by atoms with E-state index < -0.39 is 22.2 Å². The second kappa shape index (κ2) is 10.8. The Morgan fingerprint density at radius 2 is 1.98 bits per heavy atom. The van der Waals surface area contributed by atoms with Crippen molar-refractivity contribution in [1.29, 1.82) is 0 Å². The third-order valence-electron chi connectivity index (χ3n) is 12.5. The van der Waals surface area contributed by atoms with E-state index in [9.17, 15) is 19.9 Å². The zero-order valence-electron chi connectivity index (χ0n) is 26.1. The van der Waals surface area contributed by atoms with Crippen LogP contribution in [0.1, 0.15) is 70.7 Å². The van der Waals surface area contributed by atoms with E-state index in [0.717, 1.165) is 54.4 Å². The quantitative estimate of drug-likeness (QED) is 0.173. The first-order valence-corrected chi connectivity index (χ1v) is 16.5. The second-order valence-electron chi connectivity index (χ2n) is 14.7. The minimum Gasteiger partial charge on any atom is -0.618 e. The number of aromatic nitrogens is 2. The molecule has 0 radical (unpaired) electrons. The van der Waals surface area contributed by atoms with Crippen molar-refractivity contribution in [2.75, 3.05) is 6.54 Å². The third kappa shape index (κ3) is 3.95. The fraction of sp³-hybridized carbons (Fsp3) is 0.611. The number of allylic oxidation sites excluding steroid dienone is 1. The number of hydrogen-bond acceptors (Lipinski definition) is 6. The van der Waals surface area contributed by atoms with Crippen LogP contribution in [0.15, 0.2) is 60.4 Å². The van der Waals surface area contributed by atoms with E-state index in [1.54, 1.807) is 12.3 Å². The van der Waals surface area contributed by atoms with Gasteiger partial charge in [-0.2, -0.15) is 4.73 Å². The van der Waals surface area contributed by atoms with E-state index in [4.69, 9.17) is 4.74 Å². The summed E-state index contributed by atoms with van der Waals surface area (Å²) in [6, 6.07) is 11.3. The zero-order chi connectivity index (χ0) is 30.9. The fourth-order valence-electron chi connectivity index (χ4n) is 11.1. The average Bonchev–Trinajstić information content (AvgIpc) is 3.74. The maximum absolute atomic E-state index is 13.9. The molecule has 6 unspecified atom stereocenters. The van der Waals surface area contributed by atoms with Gasteiger partial charge in [-0.25, -0.2) is 0 Å². The number of carbonyl (C=O) groups is 2. The number of hydrogen-bond donors (Lipinski definition) is 1. The number of carboxylic acid groups (broad SMARTS) is 1. The fourth-order valence-corrected chi connectivity index (χ4v) is 11.1. The van der Waals surface area contributed by atoms with Gasteiger partial charge in [-0.3, -0.25) is 14.7 Å². The largest absolute Gasteiger partial charge is 0.618 e. The van der Waals surface area contributed by atoms with E-state index in [-0.39, 0.29) is 30.0 Å². The second-order valence-corrected chi connectivity index (χ2v) is 14.7. The number of aldehydes is 1. The van der Waals surface area contributed by atoms with Crippen LogP contribution in [-0.2, 0) is 27.4 Å². The summed E-state index contributed by atoms with van der Waals surface area (Å²) in [5, 5.41) is 24.0. The SMILES string of the molecule is CC(C)C1=CC2CC3(C=O)[C@@H]4CC[C@@H](C)[C@H]4CC2(C2CCC(CN(Cc4ccccn4)Cc4cccc[n+]4[O-])O2)C13C(=O)O. The van der Waals surface area contributed by atoms with E-state index in [0.29, 0.717) is 43.6 Å². The number of carbonyl (C=O) groups excluding carboxylic acids is 1. The summed E-state index contributed by atoms with van der Waals surface area (Å²) in [6.45, 7) is 8.11. The van der Waals surface area contributed by atoms with Crippen LogP contribution in [0.5, 0.6) is 0 Å². The van der Waals surface area contributed by atoms with Crippen LogP contribution in [0.2, 0.25) is 0 Å². The van der Waals surface area contributed by atoms with Crippen LogP contribution in [0.4, 0.5) is 0 Å². The monoisotopic (exact) mass is 599 g/mol. The van der Waals surface area contributed by atoms with Gasteiger partial charge in [-0.15, -0.1) is 0 Å². The molecule has 44 heavy (non-hydrogen) atoms. The van der Waals surface area contributed by atoms with Crippen LogP contribution in [0.3, 0.4) is 0 Å². The summed E-state index contributed by atoms with van der Waals surface area (Å²) in [6.07, 6.45) is 11.3. The Balaban J connectivity index is 1.22. The number of fused-ring (bicyclic) bond motifs is 2. The van der Waals surface area contributed by atoms with E-state index in [1.165, 1.54) is 6.20 Å². The minimum absolute atomic E-state index is 0.0242. The van der Waals surface area contributed by atoms with Crippen molar-refractivity contribution in [2.45, 2.75) is 84.6 Å². The lowest BCUT2D eigenvalue weighted by Crippen LogP contribution is -2.65. The molecule has 0 spiro atoms. The van der Waals surface area contributed by atoms with Gasteiger partial charge in [-0.1, -0.05) is 44.9 Å². The van der Waals surface area contributed by atoms with Crippen LogP contribution < -0.4 is 4.73 Å². The molecule has 3 saturated carbocycles. The third-order valence-corrected chi connectivity index (χ3v) is 12.5. The molecule has 8 heteroatoms. The molecule has 3 heterocycles. The highest BCUT2D eigenvalue weighted by Crippen LogP contribution is 2.84. The van der Waals surface area contributed by atoms with Crippen LogP contribution in [0.25, 0.3) is 0 Å². The summed E-state index contributed by atoms with van der Waals surface area (Å²) in [5.41, 5.74) is -0.200. The van der Waals surface area contributed by atoms with Crippen molar-refractivity contribution in [2.24, 2.45) is 45.8 Å². The Bertz CT molecular complexity index is 1460. The highest BCUT2D eigenvalue weighted by atomic mass is 16.5. The molecule has 0 amide bonds. The average molecular weight is 600 g/mol. The van der Waals surface area contributed by atoms with Gasteiger partial charge in [0.2, 0.25) is 5.69 Å². The van der Waals surface area contributed by atoms with Crippen LogP contribution >= 0.6 is 0 Å². The molecule has 4 bridgehead atoms. The lowest BCUT2D eigenvalue weighted by Gasteiger charge is -2.60. The summed E-state index contributed by atoms with van der Waals surface area (Å²) < 4.78 is 7.97. The Kier molecular flexibility index (Phi) is 7.24. The standard InChI is InChI=1S/C36H45N3O5/c1-23(2)31-16-25-17-34(22-40)30-12-10-24(3)29(30)18-35(25,36(31,34)33(41)42)32-13-11-28(44-32)21-38(19-26-8-4-6-14-37-26)20-27-9-5-7-15-39(27)43/h4-9,14-16,22-25,28-30,32H,10-13,17-21H2,1-3H3,(H,41,42)/t24-,25?,28?,29-,30-,32?,34?,35?,36?/m1/s1. The number of pyridine rings is 2. The van der Waals surface area contributed by atoms with Crippen molar-refractivity contribution in [3.05, 3.63) is 77.0 Å². The number of rotatable bonds is 10. The lowest BCUT2D eigenvalue weighted by atomic mass is 9.41. The summed E-state index contributed by atoms with van der Waals surface area (Å²) in [5.74, 6) is 0.169. The molecule has 2 aromatic heterocycles. The molecule has 4 aliphatic carbocycles. The van der Waals surface area contributed by atoms with Gasteiger partial charge < -0.3 is 19.8 Å². The molecule has 234 valence electrons. The topological polar surface area (TPSA) is 107 Å². The Morgan fingerprint density at radius 3 is 2.68 bits per heavy atom. The minimum atomic E-state index is -1.23. The van der Waals surface area contributed by atoms with Gasteiger partial charge in [0.1, 0.15) is 11.7 Å². The highest BCUT2D eigenvalue weighted by Gasteiger charge is 2.86. The van der Waals surface area contributed by atoms with Crippen molar-refractivity contribution in [1.82, 2.24) is 9.88 Å². The van der Waals surface area contributed by atoms with Crippen molar-refractivity contribution < 1.29 is 24.2 Å². The summed E-state index contributed by atoms with van der Waals surface area (Å²) in [7, 11) is 0. The predicted molar refractivity (Wildman–Crippen MR) is 164 cm³/mol. The molecule has 5 aliphatic rings. The molecule has 0 aromatic carbocycles. The van der Waals surface area contributed by atoms with Gasteiger partial charge in [-0.05, 0) is 79.9 Å². The smallest absolute Gasteiger partial charge is 0.315 e. The van der Waals surface area contributed by atoms with E-state index in [1.807, 2.05) is 30.3 Å². The van der Waals surface area contributed by atoms with Crippen molar-refractivity contribution >= 4 is 12.3 Å². The Hall–Kier alpha value is -3.10. The highest BCUT2D eigenvalue weighted by molar-refractivity contribution is 5.90. The normalized spacial score (nSPS) is 38.7. The van der Waals surface area contributed by atoms with Crippen molar-refractivity contribution in [3.8, 4) is 0 Å². The van der Waals surface area contributed by atoms with Gasteiger partial charge in [0, 0.05) is 36.8 Å². The van der Waals surface area contributed by atoms with Gasteiger partial charge in [0.05, 0.1) is 29.9 Å². The molecule has 7 rings (SSSR count). The lowest BCUT2D eigenvalue weighted by molar-refractivity contribution is -0.615.